The van der Waals surface area contributed by atoms with Crippen LogP contribution in [0.1, 0.15) is 64.3 Å². The van der Waals surface area contributed by atoms with Gasteiger partial charge in [-0.25, -0.2) is 0 Å². The van der Waals surface area contributed by atoms with Crippen LogP contribution in [0.25, 0.3) is 10.4 Å². The molecule has 1 aliphatic carbocycles. The molecule has 0 spiro atoms. The molecule has 1 unspecified atom stereocenters. The van der Waals surface area contributed by atoms with Crippen LogP contribution in [-0.2, 0) is 6.42 Å². The third-order valence-corrected chi connectivity index (χ3v) is 7.25. The van der Waals surface area contributed by atoms with E-state index in [-0.39, 0.29) is 17.0 Å². The number of fused-ring (bicyclic) bond motifs is 3. The van der Waals surface area contributed by atoms with E-state index in [1.807, 2.05) is 12.1 Å². The molecule has 1 aromatic carbocycles. The zero-order valence-corrected chi connectivity index (χ0v) is 19.2. The zero-order valence-electron chi connectivity index (χ0n) is 15.2. The van der Waals surface area contributed by atoms with Crippen molar-refractivity contribution in [3.63, 3.8) is 0 Å². The minimum atomic E-state index is 0.0996. The van der Waals surface area contributed by atoms with Gasteiger partial charge in [0.2, 0.25) is 0 Å². The fourth-order valence-corrected chi connectivity index (χ4v) is 6.01. The van der Waals surface area contributed by atoms with E-state index in [0.29, 0.717) is 16.6 Å². The van der Waals surface area contributed by atoms with Crippen LogP contribution in [0.15, 0.2) is 24.3 Å². The monoisotopic (exact) mass is 496 g/mol. The van der Waals surface area contributed by atoms with E-state index in [9.17, 15) is 9.59 Å². The highest BCUT2D eigenvalue weighted by atomic mass is 79.9. The molecule has 0 radical (unpaired) electrons. The summed E-state index contributed by atoms with van der Waals surface area (Å²) in [5, 5.41) is 0.679. The Morgan fingerprint density at radius 3 is 2.50 bits per heavy atom. The Bertz CT molecular complexity index is 867. The Hall–Kier alpha value is -0.780. The van der Waals surface area contributed by atoms with Crippen LogP contribution < -0.4 is 0 Å². The first-order valence-electron chi connectivity index (χ1n) is 8.71. The van der Waals surface area contributed by atoms with Gasteiger partial charge in [-0.15, -0.1) is 11.3 Å². The lowest BCUT2D eigenvalue weighted by atomic mass is 9.73. The number of alkyl halides is 2. The van der Waals surface area contributed by atoms with E-state index in [0.717, 1.165) is 23.3 Å². The molecule has 5 heteroatoms. The van der Waals surface area contributed by atoms with E-state index < -0.39 is 0 Å². The van der Waals surface area contributed by atoms with Crippen molar-refractivity contribution < 1.29 is 9.59 Å². The molecular formula is C21H22Br2O2S. The Morgan fingerprint density at radius 1 is 1.15 bits per heavy atom. The normalized spacial score (nSPS) is 18.4. The Kier molecular flexibility index (Phi) is 5.90. The quantitative estimate of drug-likeness (QED) is 0.350. The molecule has 1 aliphatic rings. The number of carbonyl (C=O) groups is 2. The third kappa shape index (κ3) is 3.90. The number of ketones is 2. The first-order chi connectivity index (χ1) is 12.3. The number of Topliss-reactive ketones (excluding diaryl/α,β-unsaturated/α-hetero) is 2. The number of hydrogen-bond acceptors (Lipinski definition) is 3. The molecule has 0 saturated heterocycles. The second kappa shape index (κ2) is 7.69. The fourth-order valence-electron chi connectivity index (χ4n) is 3.92. The Morgan fingerprint density at radius 2 is 1.85 bits per heavy atom. The van der Waals surface area contributed by atoms with Gasteiger partial charge in [-0.05, 0) is 53.0 Å². The molecule has 0 amide bonds. The minimum Gasteiger partial charge on any atom is -0.293 e. The average molecular weight is 498 g/mol. The lowest BCUT2D eigenvalue weighted by Crippen LogP contribution is -2.20. The summed E-state index contributed by atoms with van der Waals surface area (Å²) in [4.78, 5) is 26.4. The van der Waals surface area contributed by atoms with Crippen LogP contribution in [0.4, 0.5) is 0 Å². The first kappa shape index (κ1) is 20.0. The largest absolute Gasteiger partial charge is 0.293 e. The lowest BCUT2D eigenvalue weighted by molar-refractivity contribution is 0.101. The maximum Gasteiger partial charge on any atom is 0.183 e. The van der Waals surface area contributed by atoms with Gasteiger partial charge in [0.25, 0.3) is 0 Å². The summed E-state index contributed by atoms with van der Waals surface area (Å²) < 4.78 is 0. The Labute approximate surface area is 175 Å². The molecule has 0 bridgehead atoms. The van der Waals surface area contributed by atoms with E-state index in [1.54, 1.807) is 11.3 Å². The molecule has 2 nitrogen and oxygen atoms in total. The number of hydrogen-bond donors (Lipinski definition) is 0. The van der Waals surface area contributed by atoms with Crippen molar-refractivity contribution in [1.82, 2.24) is 0 Å². The molecule has 0 fully saturated rings. The van der Waals surface area contributed by atoms with Crippen molar-refractivity contribution in [2.24, 2.45) is 5.41 Å². The number of halogens is 2. The number of benzene rings is 1. The van der Waals surface area contributed by atoms with Gasteiger partial charge in [0.05, 0.1) is 15.5 Å². The zero-order chi connectivity index (χ0) is 19.1. The van der Waals surface area contributed by atoms with E-state index >= 15 is 0 Å². The van der Waals surface area contributed by atoms with Crippen molar-refractivity contribution in [2.45, 2.75) is 39.5 Å². The van der Waals surface area contributed by atoms with Gasteiger partial charge in [-0.3, -0.25) is 9.59 Å². The smallest absolute Gasteiger partial charge is 0.183 e. The van der Waals surface area contributed by atoms with Gasteiger partial charge in [0.15, 0.2) is 11.6 Å². The van der Waals surface area contributed by atoms with Crippen molar-refractivity contribution in [1.29, 1.82) is 0 Å². The summed E-state index contributed by atoms with van der Waals surface area (Å²) in [6, 6.07) is 8.11. The topological polar surface area (TPSA) is 34.1 Å². The SMILES string of the molecule is CC1CC(C)(C)Cc2cc(C(=O)CBr)ccc2-c2sc(C(=O)CBr)cc21. The van der Waals surface area contributed by atoms with Gasteiger partial charge in [-0.2, -0.15) is 0 Å². The van der Waals surface area contributed by atoms with E-state index in [2.05, 4.69) is 64.8 Å². The van der Waals surface area contributed by atoms with Crippen LogP contribution in [0.2, 0.25) is 0 Å². The molecule has 1 heterocycles. The second-order valence-corrected chi connectivity index (χ2v) is 10.0. The minimum absolute atomic E-state index is 0.0996. The molecule has 26 heavy (non-hydrogen) atoms. The first-order valence-corrected chi connectivity index (χ1v) is 11.8. The van der Waals surface area contributed by atoms with Gasteiger partial charge in [0.1, 0.15) is 0 Å². The summed E-state index contributed by atoms with van der Waals surface area (Å²) in [5.74, 6) is 0.619. The second-order valence-electron chi connectivity index (χ2n) is 7.83. The summed E-state index contributed by atoms with van der Waals surface area (Å²) in [6.45, 7) is 6.83. The van der Waals surface area contributed by atoms with Gasteiger partial charge in [-0.1, -0.05) is 64.8 Å². The molecule has 3 rings (SSSR count). The van der Waals surface area contributed by atoms with Gasteiger partial charge >= 0.3 is 0 Å². The van der Waals surface area contributed by atoms with Crippen LogP contribution in [0.3, 0.4) is 0 Å². The van der Waals surface area contributed by atoms with Crippen molar-refractivity contribution in [3.05, 3.63) is 45.8 Å². The van der Waals surface area contributed by atoms with E-state index in [4.69, 9.17) is 0 Å². The van der Waals surface area contributed by atoms with Gasteiger partial charge < -0.3 is 0 Å². The third-order valence-electron chi connectivity index (χ3n) is 5.01. The number of rotatable bonds is 4. The molecule has 0 aliphatic heterocycles. The molecule has 0 saturated carbocycles. The maximum absolute atomic E-state index is 12.2. The molecular weight excluding hydrogens is 476 g/mol. The van der Waals surface area contributed by atoms with Crippen molar-refractivity contribution >= 4 is 54.8 Å². The molecule has 138 valence electrons. The Balaban J connectivity index is 2.21. The molecule has 1 aromatic heterocycles. The highest BCUT2D eigenvalue weighted by Gasteiger charge is 2.31. The highest BCUT2D eigenvalue weighted by molar-refractivity contribution is 9.09. The van der Waals surface area contributed by atoms with E-state index in [1.165, 1.54) is 21.6 Å². The summed E-state index contributed by atoms with van der Waals surface area (Å²) in [6.07, 6.45) is 1.98. The number of thiophene rings is 1. The highest BCUT2D eigenvalue weighted by Crippen LogP contribution is 2.47. The van der Waals surface area contributed by atoms with Crippen LogP contribution in [0, 0.1) is 5.41 Å². The maximum atomic E-state index is 12.2. The summed E-state index contributed by atoms with van der Waals surface area (Å²) in [7, 11) is 0. The molecule has 0 N–H and O–H groups in total. The fraction of sp³-hybridized carbons (Fsp3) is 0.429. The van der Waals surface area contributed by atoms with Crippen molar-refractivity contribution in [3.8, 4) is 10.4 Å². The summed E-state index contributed by atoms with van der Waals surface area (Å²) >= 11 is 8.14. The molecule has 2 aromatic rings. The average Bonchev–Trinajstić information content (AvgIpc) is 3.03. The predicted molar refractivity (Wildman–Crippen MR) is 117 cm³/mol. The molecule has 1 atom stereocenters. The van der Waals surface area contributed by atoms with Crippen LogP contribution >= 0.6 is 43.2 Å². The van der Waals surface area contributed by atoms with Gasteiger partial charge in [0, 0.05) is 10.4 Å². The lowest BCUT2D eigenvalue weighted by Gasteiger charge is -2.32. The van der Waals surface area contributed by atoms with Crippen LogP contribution in [0.5, 0.6) is 0 Å². The van der Waals surface area contributed by atoms with Crippen molar-refractivity contribution in [2.75, 3.05) is 10.7 Å². The standard InChI is InChI=1S/C21H22Br2O2S/c1-12-8-21(2,3)9-14-6-13(17(24)10-22)4-5-15(14)20-16(12)7-19(26-20)18(25)11-23/h4-7,12H,8-11H2,1-3H3. The van der Waals surface area contributed by atoms with Crippen LogP contribution in [-0.4, -0.2) is 22.2 Å². The number of carbonyl (C=O) groups excluding carboxylic acids is 2. The summed E-state index contributed by atoms with van der Waals surface area (Å²) in [5.41, 5.74) is 4.51. The predicted octanol–water partition coefficient (Wildman–Crippen LogP) is 6.65.